The molecule has 4 nitrogen and oxygen atoms in total. The van der Waals surface area contributed by atoms with Crippen LogP contribution in [0, 0.1) is 0 Å². The number of hydrogen-bond acceptors (Lipinski definition) is 5. The van der Waals surface area contributed by atoms with E-state index in [-0.39, 0.29) is 5.91 Å². The van der Waals surface area contributed by atoms with Crippen LogP contribution in [-0.4, -0.2) is 23.8 Å². The Bertz CT molecular complexity index is 861. The fourth-order valence-corrected chi connectivity index (χ4v) is 4.05. The van der Waals surface area contributed by atoms with Gasteiger partial charge >= 0.3 is 0 Å². The highest BCUT2D eigenvalue weighted by Crippen LogP contribution is 2.30. The normalized spacial score (nSPS) is 10.8. The molecule has 2 aromatic carbocycles. The Morgan fingerprint density at radius 2 is 2.12 bits per heavy atom. The number of carbonyl (C=O) groups excluding carboxylic acids is 1. The zero-order valence-electron chi connectivity index (χ0n) is 13.5. The molecule has 0 fully saturated rings. The first-order chi connectivity index (χ1) is 11.7. The summed E-state index contributed by atoms with van der Waals surface area (Å²) in [7, 11) is 1.63. The highest BCUT2D eigenvalue weighted by atomic mass is 32.2. The summed E-state index contributed by atoms with van der Waals surface area (Å²) in [5, 5.41) is 3.51. The minimum atomic E-state index is -0.125. The summed E-state index contributed by atoms with van der Waals surface area (Å²) in [4.78, 5) is 18.1. The second-order valence-electron chi connectivity index (χ2n) is 5.15. The van der Waals surface area contributed by atoms with Crippen LogP contribution in [0.25, 0.3) is 10.2 Å². The van der Waals surface area contributed by atoms with Crippen molar-refractivity contribution < 1.29 is 9.53 Å². The highest BCUT2D eigenvalue weighted by Gasteiger charge is 2.14. The Labute approximate surface area is 149 Å². The van der Waals surface area contributed by atoms with Crippen molar-refractivity contribution in [3.63, 3.8) is 0 Å². The van der Waals surface area contributed by atoms with Crippen molar-refractivity contribution in [3.05, 3.63) is 48.0 Å². The summed E-state index contributed by atoms with van der Waals surface area (Å²) in [5.74, 6) is 1.65. The van der Waals surface area contributed by atoms with E-state index in [0.29, 0.717) is 10.7 Å². The maximum Gasteiger partial charge on any atom is 0.258 e. The second-order valence-corrected chi connectivity index (χ2v) is 7.32. The number of ether oxygens (including phenoxy) is 1. The van der Waals surface area contributed by atoms with Gasteiger partial charge < -0.3 is 4.74 Å². The van der Waals surface area contributed by atoms with Crippen LogP contribution in [0.1, 0.15) is 23.7 Å². The maximum atomic E-state index is 12.6. The highest BCUT2D eigenvalue weighted by molar-refractivity contribution is 7.99. The fourth-order valence-electron chi connectivity index (χ4n) is 2.24. The Morgan fingerprint density at radius 3 is 2.92 bits per heavy atom. The van der Waals surface area contributed by atoms with Crippen molar-refractivity contribution in [2.75, 3.05) is 18.2 Å². The second kappa shape index (κ2) is 7.68. The van der Waals surface area contributed by atoms with Crippen LogP contribution in [0.15, 0.2) is 47.4 Å². The molecule has 0 spiro atoms. The minimum absolute atomic E-state index is 0.125. The number of aromatic nitrogens is 1. The Balaban J connectivity index is 1.82. The largest absolute Gasteiger partial charge is 0.497 e. The molecule has 24 heavy (non-hydrogen) atoms. The minimum Gasteiger partial charge on any atom is -0.497 e. The lowest BCUT2D eigenvalue weighted by Gasteiger charge is -2.07. The SMILES string of the molecule is CCCSc1ccccc1C(=O)Nc1nc2ccc(OC)cc2s1. The Kier molecular flexibility index (Phi) is 5.37. The van der Waals surface area contributed by atoms with Gasteiger partial charge in [0.25, 0.3) is 5.91 Å². The van der Waals surface area contributed by atoms with E-state index in [2.05, 4.69) is 17.2 Å². The molecule has 1 heterocycles. The van der Waals surface area contributed by atoms with Crippen molar-refractivity contribution in [1.29, 1.82) is 0 Å². The number of carbonyl (C=O) groups is 1. The van der Waals surface area contributed by atoms with Crippen LogP contribution in [0.3, 0.4) is 0 Å². The van der Waals surface area contributed by atoms with Crippen molar-refractivity contribution in [2.45, 2.75) is 18.2 Å². The van der Waals surface area contributed by atoms with Crippen molar-refractivity contribution >= 4 is 44.4 Å². The van der Waals surface area contributed by atoms with E-state index >= 15 is 0 Å². The number of rotatable bonds is 6. The van der Waals surface area contributed by atoms with Gasteiger partial charge in [0.15, 0.2) is 5.13 Å². The molecule has 0 atom stereocenters. The van der Waals surface area contributed by atoms with E-state index < -0.39 is 0 Å². The van der Waals surface area contributed by atoms with E-state index in [1.807, 2.05) is 42.5 Å². The quantitative estimate of drug-likeness (QED) is 0.626. The summed E-state index contributed by atoms with van der Waals surface area (Å²) >= 11 is 3.15. The van der Waals surface area contributed by atoms with Gasteiger partial charge in [0.2, 0.25) is 0 Å². The van der Waals surface area contributed by atoms with Crippen LogP contribution in [0.4, 0.5) is 5.13 Å². The predicted molar refractivity (Wildman–Crippen MR) is 102 cm³/mol. The average Bonchev–Trinajstić information content (AvgIpc) is 3.01. The number of anilines is 1. The van der Waals surface area contributed by atoms with E-state index in [9.17, 15) is 4.79 Å². The molecule has 0 radical (unpaired) electrons. The van der Waals surface area contributed by atoms with Crippen molar-refractivity contribution in [3.8, 4) is 5.75 Å². The number of thioether (sulfide) groups is 1. The molecule has 1 amide bonds. The number of fused-ring (bicyclic) bond motifs is 1. The summed E-state index contributed by atoms with van der Waals surface area (Å²) in [6.45, 7) is 2.13. The monoisotopic (exact) mass is 358 g/mol. The van der Waals surface area contributed by atoms with Crippen molar-refractivity contribution in [1.82, 2.24) is 4.98 Å². The number of nitrogens with one attached hydrogen (secondary N) is 1. The van der Waals surface area contributed by atoms with E-state index in [4.69, 9.17) is 4.74 Å². The topological polar surface area (TPSA) is 51.2 Å². The Hall–Kier alpha value is -2.05. The van der Waals surface area contributed by atoms with Gasteiger partial charge in [0.05, 0.1) is 22.9 Å². The molecule has 3 aromatic rings. The van der Waals surface area contributed by atoms with Gasteiger partial charge in [0, 0.05) is 4.90 Å². The molecule has 0 aliphatic carbocycles. The van der Waals surface area contributed by atoms with Gasteiger partial charge in [-0.25, -0.2) is 4.98 Å². The zero-order valence-corrected chi connectivity index (χ0v) is 15.2. The number of benzene rings is 2. The molecular formula is C18H18N2O2S2. The summed E-state index contributed by atoms with van der Waals surface area (Å²) in [5.41, 5.74) is 1.54. The lowest BCUT2D eigenvalue weighted by molar-refractivity contribution is 0.102. The van der Waals surface area contributed by atoms with E-state index in [1.165, 1.54) is 11.3 Å². The molecule has 0 saturated carbocycles. The predicted octanol–water partition coefficient (Wildman–Crippen LogP) is 5.06. The molecule has 0 aliphatic rings. The molecule has 0 bridgehead atoms. The lowest BCUT2D eigenvalue weighted by Crippen LogP contribution is -2.12. The summed E-state index contributed by atoms with van der Waals surface area (Å²) in [6.07, 6.45) is 1.07. The molecule has 0 aliphatic heterocycles. The van der Waals surface area contributed by atoms with Gasteiger partial charge in [-0.3, -0.25) is 10.1 Å². The van der Waals surface area contributed by atoms with Gasteiger partial charge in [-0.05, 0) is 42.5 Å². The fraction of sp³-hybridized carbons (Fsp3) is 0.222. The number of amides is 1. The molecular weight excluding hydrogens is 340 g/mol. The first-order valence-electron chi connectivity index (χ1n) is 7.69. The van der Waals surface area contributed by atoms with Gasteiger partial charge in [-0.2, -0.15) is 0 Å². The molecule has 1 N–H and O–H groups in total. The molecule has 6 heteroatoms. The van der Waals surface area contributed by atoms with Crippen LogP contribution in [0.5, 0.6) is 5.75 Å². The number of thiazole rings is 1. The summed E-state index contributed by atoms with van der Waals surface area (Å²) < 4.78 is 6.21. The Morgan fingerprint density at radius 1 is 1.29 bits per heavy atom. The smallest absolute Gasteiger partial charge is 0.258 e. The van der Waals surface area contributed by atoms with Crippen LogP contribution >= 0.6 is 23.1 Å². The van der Waals surface area contributed by atoms with Crippen LogP contribution < -0.4 is 10.1 Å². The number of methoxy groups -OCH3 is 1. The lowest BCUT2D eigenvalue weighted by atomic mass is 10.2. The van der Waals surface area contributed by atoms with Crippen LogP contribution in [0.2, 0.25) is 0 Å². The summed E-state index contributed by atoms with van der Waals surface area (Å²) in [6, 6.07) is 13.4. The van der Waals surface area contributed by atoms with Gasteiger partial charge in [0.1, 0.15) is 5.75 Å². The molecule has 124 valence electrons. The zero-order chi connectivity index (χ0) is 16.9. The van der Waals surface area contributed by atoms with Crippen molar-refractivity contribution in [2.24, 2.45) is 0 Å². The first kappa shape index (κ1) is 16.8. The number of hydrogen-bond donors (Lipinski definition) is 1. The molecule has 0 saturated heterocycles. The first-order valence-corrected chi connectivity index (χ1v) is 9.49. The third kappa shape index (κ3) is 3.71. The van der Waals surface area contributed by atoms with E-state index in [1.54, 1.807) is 18.9 Å². The average molecular weight is 358 g/mol. The third-order valence-electron chi connectivity index (χ3n) is 3.41. The van der Waals surface area contributed by atoms with Crippen LogP contribution in [-0.2, 0) is 0 Å². The number of nitrogens with zero attached hydrogens (tertiary/aromatic N) is 1. The third-order valence-corrected chi connectivity index (χ3v) is 5.62. The maximum absolute atomic E-state index is 12.6. The van der Waals surface area contributed by atoms with E-state index in [0.717, 1.165) is 33.0 Å². The molecule has 3 rings (SSSR count). The molecule has 1 aromatic heterocycles. The van der Waals surface area contributed by atoms with Gasteiger partial charge in [-0.1, -0.05) is 30.4 Å². The molecule has 0 unspecified atom stereocenters. The van der Waals surface area contributed by atoms with Gasteiger partial charge in [-0.15, -0.1) is 11.8 Å². The standard InChI is InChI=1S/C18H18N2O2S2/c1-3-10-23-15-7-5-4-6-13(15)17(21)20-18-19-14-9-8-12(22-2)11-16(14)24-18/h4-9,11H,3,10H2,1-2H3,(H,19,20,21).